The Bertz CT molecular complexity index is 443. The van der Waals surface area contributed by atoms with E-state index in [1.54, 1.807) is 11.8 Å². The number of carbonyl (C=O) groups is 1. The van der Waals surface area contributed by atoms with Crippen molar-refractivity contribution in [1.29, 1.82) is 0 Å². The molecule has 0 aliphatic heterocycles. The van der Waals surface area contributed by atoms with Crippen LogP contribution < -0.4 is 5.32 Å². The van der Waals surface area contributed by atoms with Gasteiger partial charge in [0.2, 0.25) is 0 Å². The lowest BCUT2D eigenvalue weighted by atomic mass is 9.78. The van der Waals surface area contributed by atoms with Gasteiger partial charge in [0.25, 0.3) is 5.91 Å². The Morgan fingerprint density at radius 2 is 1.95 bits per heavy atom. The molecule has 1 N–H and O–H groups in total. The zero-order valence-corrected chi connectivity index (χ0v) is 13.5. The van der Waals surface area contributed by atoms with Crippen LogP contribution in [0.2, 0.25) is 0 Å². The summed E-state index contributed by atoms with van der Waals surface area (Å²) in [6.45, 7) is 4.55. The average Bonchev–Trinajstić information content (AvgIpc) is 2.45. The van der Waals surface area contributed by atoms with E-state index in [-0.39, 0.29) is 5.91 Å². The Balaban J connectivity index is 1.97. The zero-order chi connectivity index (χ0) is 14.5. The minimum atomic E-state index is 0.0756. The number of hydrogen-bond donors (Lipinski definition) is 1. The summed E-state index contributed by atoms with van der Waals surface area (Å²) in [5, 5.41) is 3.22. The van der Waals surface area contributed by atoms with Crippen molar-refractivity contribution in [3.63, 3.8) is 0 Å². The first-order chi connectivity index (χ1) is 9.61. The molecule has 2 nitrogen and oxygen atoms in total. The third-order valence-corrected chi connectivity index (χ3v) is 5.17. The number of nitrogens with one attached hydrogen (secondary N) is 1. The van der Waals surface area contributed by atoms with Crippen LogP contribution in [0.1, 0.15) is 49.0 Å². The fourth-order valence-electron chi connectivity index (χ4n) is 2.96. The molecule has 0 radical (unpaired) electrons. The summed E-state index contributed by atoms with van der Waals surface area (Å²) in [5.41, 5.74) is 2.05. The highest BCUT2D eigenvalue weighted by Gasteiger charge is 2.28. The molecule has 1 aliphatic carbocycles. The van der Waals surface area contributed by atoms with E-state index in [2.05, 4.69) is 37.6 Å². The minimum absolute atomic E-state index is 0.0756. The Labute approximate surface area is 126 Å². The van der Waals surface area contributed by atoms with Crippen LogP contribution in [0.25, 0.3) is 0 Å². The lowest BCUT2D eigenvalue weighted by Crippen LogP contribution is -2.43. The second-order valence-corrected chi connectivity index (χ2v) is 6.84. The molecule has 1 saturated carbocycles. The van der Waals surface area contributed by atoms with Crippen molar-refractivity contribution in [2.45, 2.75) is 44.9 Å². The van der Waals surface area contributed by atoms with E-state index in [0.29, 0.717) is 17.9 Å². The Morgan fingerprint density at radius 1 is 1.25 bits per heavy atom. The minimum Gasteiger partial charge on any atom is -0.349 e. The van der Waals surface area contributed by atoms with Crippen LogP contribution >= 0.6 is 11.8 Å². The molecule has 20 heavy (non-hydrogen) atoms. The molecule has 0 unspecified atom stereocenters. The molecular weight excluding hydrogens is 266 g/mol. The number of hydrogen-bond acceptors (Lipinski definition) is 2. The van der Waals surface area contributed by atoms with Crippen LogP contribution in [0.3, 0.4) is 0 Å². The molecule has 1 amide bonds. The quantitative estimate of drug-likeness (QED) is 0.904. The number of carbonyl (C=O) groups excluding carboxylic acids is 1. The zero-order valence-electron chi connectivity index (χ0n) is 12.7. The van der Waals surface area contributed by atoms with Crippen LogP contribution in [-0.2, 0) is 5.75 Å². The summed E-state index contributed by atoms with van der Waals surface area (Å²) in [5.74, 6) is 2.35. The molecule has 0 heterocycles. The van der Waals surface area contributed by atoms with Crippen molar-refractivity contribution in [1.82, 2.24) is 5.32 Å². The number of rotatable bonds is 4. The van der Waals surface area contributed by atoms with Gasteiger partial charge in [-0.05, 0) is 42.2 Å². The maximum Gasteiger partial charge on any atom is 0.251 e. The molecule has 1 aromatic rings. The summed E-state index contributed by atoms with van der Waals surface area (Å²) in [7, 11) is 0. The van der Waals surface area contributed by atoms with Gasteiger partial charge < -0.3 is 5.32 Å². The van der Waals surface area contributed by atoms with Crippen LogP contribution in [0, 0.1) is 11.8 Å². The monoisotopic (exact) mass is 291 g/mol. The summed E-state index contributed by atoms with van der Waals surface area (Å²) in [4.78, 5) is 12.3. The molecule has 0 bridgehead atoms. The number of benzene rings is 1. The predicted octanol–water partition coefficient (Wildman–Crippen LogP) is 4.10. The smallest absolute Gasteiger partial charge is 0.251 e. The molecule has 1 fully saturated rings. The summed E-state index contributed by atoms with van der Waals surface area (Å²) >= 11 is 1.80. The van der Waals surface area contributed by atoms with E-state index in [9.17, 15) is 4.79 Å². The van der Waals surface area contributed by atoms with Crippen molar-refractivity contribution in [2.75, 3.05) is 6.26 Å². The predicted molar refractivity (Wildman–Crippen MR) is 87.1 cm³/mol. The topological polar surface area (TPSA) is 29.1 Å². The number of thioether (sulfide) groups is 1. The SMILES string of the molecule is CSCc1ccc(C(=O)N[C@H]2CCC[C@H](C)[C@H]2C)cc1. The fourth-order valence-corrected chi connectivity index (χ4v) is 3.48. The highest BCUT2D eigenvalue weighted by atomic mass is 32.2. The van der Waals surface area contributed by atoms with Crippen molar-refractivity contribution in [3.8, 4) is 0 Å². The van der Waals surface area contributed by atoms with Crippen molar-refractivity contribution in [2.24, 2.45) is 11.8 Å². The first-order valence-electron chi connectivity index (χ1n) is 7.50. The van der Waals surface area contributed by atoms with Gasteiger partial charge in [-0.25, -0.2) is 0 Å². The Hall–Kier alpha value is -0.960. The second kappa shape index (κ2) is 7.16. The van der Waals surface area contributed by atoms with Gasteiger partial charge in [0.05, 0.1) is 0 Å². The maximum absolute atomic E-state index is 12.3. The molecule has 2 rings (SSSR count). The Kier molecular flexibility index (Phi) is 5.53. The first kappa shape index (κ1) is 15.4. The summed E-state index contributed by atoms with van der Waals surface area (Å²) in [6.07, 6.45) is 5.72. The molecule has 1 aliphatic rings. The van der Waals surface area contributed by atoms with Crippen LogP contribution in [-0.4, -0.2) is 18.2 Å². The molecule has 0 aromatic heterocycles. The van der Waals surface area contributed by atoms with E-state index in [1.807, 2.05) is 12.1 Å². The molecular formula is C17H25NOS. The van der Waals surface area contributed by atoms with Gasteiger partial charge >= 0.3 is 0 Å². The van der Waals surface area contributed by atoms with Crippen LogP contribution in [0.4, 0.5) is 0 Å². The summed E-state index contributed by atoms with van der Waals surface area (Å²) in [6, 6.07) is 8.32. The van der Waals surface area contributed by atoms with Gasteiger partial charge in [-0.15, -0.1) is 0 Å². The normalized spacial score (nSPS) is 26.2. The van der Waals surface area contributed by atoms with Gasteiger partial charge in [0.1, 0.15) is 0 Å². The molecule has 110 valence electrons. The third kappa shape index (κ3) is 3.78. The third-order valence-electron chi connectivity index (χ3n) is 4.55. The van der Waals surface area contributed by atoms with Crippen molar-refractivity contribution >= 4 is 17.7 Å². The molecule has 0 saturated heterocycles. The molecule has 3 atom stereocenters. The van der Waals surface area contributed by atoms with Crippen LogP contribution in [0.15, 0.2) is 24.3 Å². The van der Waals surface area contributed by atoms with Gasteiger partial charge in [-0.3, -0.25) is 4.79 Å². The lowest BCUT2D eigenvalue weighted by molar-refractivity contribution is 0.0891. The van der Waals surface area contributed by atoms with Gasteiger partial charge in [-0.1, -0.05) is 38.8 Å². The van der Waals surface area contributed by atoms with E-state index in [4.69, 9.17) is 0 Å². The van der Waals surface area contributed by atoms with Gasteiger partial charge in [0.15, 0.2) is 0 Å². The lowest BCUT2D eigenvalue weighted by Gasteiger charge is -2.34. The van der Waals surface area contributed by atoms with Crippen molar-refractivity contribution < 1.29 is 4.79 Å². The van der Waals surface area contributed by atoms with Gasteiger partial charge in [0, 0.05) is 17.4 Å². The number of amides is 1. The van der Waals surface area contributed by atoms with Crippen molar-refractivity contribution in [3.05, 3.63) is 35.4 Å². The molecule has 1 aromatic carbocycles. The largest absolute Gasteiger partial charge is 0.349 e. The Morgan fingerprint density at radius 3 is 2.60 bits per heavy atom. The maximum atomic E-state index is 12.3. The van der Waals surface area contributed by atoms with Crippen LogP contribution in [0.5, 0.6) is 0 Å². The second-order valence-electron chi connectivity index (χ2n) is 5.98. The summed E-state index contributed by atoms with van der Waals surface area (Å²) < 4.78 is 0. The van der Waals surface area contributed by atoms with E-state index in [0.717, 1.165) is 17.7 Å². The fraction of sp³-hybridized carbons (Fsp3) is 0.588. The standard InChI is InChI=1S/C17H25NOS/c1-12-5-4-6-16(13(12)2)18-17(19)15-9-7-14(8-10-15)11-20-3/h7-10,12-13,16H,4-6,11H2,1-3H3,(H,18,19)/t12-,13+,16-/m0/s1. The van der Waals surface area contributed by atoms with E-state index in [1.165, 1.54) is 18.4 Å². The van der Waals surface area contributed by atoms with E-state index >= 15 is 0 Å². The highest BCUT2D eigenvalue weighted by Crippen LogP contribution is 2.29. The van der Waals surface area contributed by atoms with E-state index < -0.39 is 0 Å². The molecule has 3 heteroatoms. The average molecular weight is 291 g/mol. The molecule has 0 spiro atoms. The first-order valence-corrected chi connectivity index (χ1v) is 8.90. The highest BCUT2D eigenvalue weighted by molar-refractivity contribution is 7.97. The van der Waals surface area contributed by atoms with Gasteiger partial charge in [-0.2, -0.15) is 11.8 Å².